The largest absolute Gasteiger partial charge is 0.369 e. The van der Waals surface area contributed by atoms with E-state index in [1.165, 1.54) is 7.11 Å². The van der Waals surface area contributed by atoms with Gasteiger partial charge in [-0.1, -0.05) is 6.42 Å². The second kappa shape index (κ2) is 2.79. The molecular formula is C7H13NO3. The lowest BCUT2D eigenvalue weighted by atomic mass is 9.67. The molecule has 0 bridgehead atoms. The molecule has 0 radical (unpaired) electrons. The van der Waals surface area contributed by atoms with Crippen LogP contribution in [0, 0.1) is 5.41 Å². The van der Waals surface area contributed by atoms with Gasteiger partial charge in [-0.05, 0) is 12.8 Å². The van der Waals surface area contributed by atoms with E-state index in [2.05, 4.69) is 4.74 Å². The number of methoxy groups -OCH3 is 1. The molecule has 1 aliphatic carbocycles. The number of rotatable bonds is 3. The molecule has 0 aromatic rings. The van der Waals surface area contributed by atoms with E-state index in [0.717, 1.165) is 6.42 Å². The Hall–Kier alpha value is -0.610. The van der Waals surface area contributed by atoms with Crippen LogP contribution in [0.25, 0.3) is 0 Å². The van der Waals surface area contributed by atoms with Crippen LogP contribution in [-0.4, -0.2) is 24.4 Å². The van der Waals surface area contributed by atoms with Crippen molar-refractivity contribution >= 4 is 5.91 Å². The minimum atomic E-state index is -1.03. The number of carbonyl (C=O) groups is 1. The topological polar surface area (TPSA) is 72.6 Å². The summed E-state index contributed by atoms with van der Waals surface area (Å²) < 4.78 is 4.67. The van der Waals surface area contributed by atoms with Gasteiger partial charge in [0.25, 0.3) is 0 Å². The molecule has 4 nitrogen and oxygen atoms in total. The molecule has 0 aromatic carbocycles. The molecule has 1 rings (SSSR count). The number of ether oxygens (including phenoxy) is 1. The lowest BCUT2D eigenvalue weighted by molar-refractivity contribution is -0.191. The third-order valence-electron chi connectivity index (χ3n) is 2.43. The van der Waals surface area contributed by atoms with Crippen LogP contribution < -0.4 is 5.73 Å². The summed E-state index contributed by atoms with van der Waals surface area (Å²) in [5.41, 5.74) is 4.33. The second-order valence-corrected chi connectivity index (χ2v) is 2.96. The van der Waals surface area contributed by atoms with E-state index in [0.29, 0.717) is 12.8 Å². The Balaban J connectivity index is 2.67. The summed E-state index contributed by atoms with van der Waals surface area (Å²) in [5.74, 6) is -0.460. The monoisotopic (exact) mass is 159 g/mol. The molecule has 0 heterocycles. The Morgan fingerprint density at radius 1 is 1.73 bits per heavy atom. The summed E-state index contributed by atoms with van der Waals surface area (Å²) >= 11 is 0. The Kier molecular flexibility index (Phi) is 2.15. The predicted molar refractivity (Wildman–Crippen MR) is 38.5 cm³/mol. The lowest BCUT2D eigenvalue weighted by Crippen LogP contribution is -2.51. The Labute approximate surface area is 65.3 Å². The average Bonchev–Trinajstić information content (AvgIpc) is 1.84. The highest BCUT2D eigenvalue weighted by molar-refractivity contribution is 5.82. The van der Waals surface area contributed by atoms with Gasteiger partial charge in [0.15, 0.2) is 6.29 Å². The SMILES string of the molecule is COC(O)C1(C(N)=O)CCC1. The van der Waals surface area contributed by atoms with Gasteiger partial charge in [0.1, 0.15) is 0 Å². The number of carbonyl (C=O) groups excluding carboxylic acids is 1. The van der Waals surface area contributed by atoms with E-state index in [1.54, 1.807) is 0 Å². The van der Waals surface area contributed by atoms with Crippen LogP contribution in [0.4, 0.5) is 0 Å². The van der Waals surface area contributed by atoms with Crippen molar-refractivity contribution in [1.29, 1.82) is 0 Å². The second-order valence-electron chi connectivity index (χ2n) is 2.96. The molecule has 1 fully saturated rings. The molecule has 3 N–H and O–H groups in total. The first-order valence-corrected chi connectivity index (χ1v) is 3.64. The highest BCUT2D eigenvalue weighted by Crippen LogP contribution is 2.43. The summed E-state index contributed by atoms with van der Waals surface area (Å²) in [6.07, 6.45) is 1.17. The van der Waals surface area contributed by atoms with E-state index < -0.39 is 17.6 Å². The van der Waals surface area contributed by atoms with E-state index in [1.807, 2.05) is 0 Å². The number of hydrogen-bond donors (Lipinski definition) is 2. The number of primary amides is 1. The van der Waals surface area contributed by atoms with Crippen LogP contribution >= 0.6 is 0 Å². The van der Waals surface area contributed by atoms with E-state index in [9.17, 15) is 9.90 Å². The first-order valence-electron chi connectivity index (χ1n) is 3.64. The van der Waals surface area contributed by atoms with E-state index in [4.69, 9.17) is 5.73 Å². The van der Waals surface area contributed by atoms with Crippen LogP contribution in [0.3, 0.4) is 0 Å². The molecule has 0 aliphatic heterocycles. The number of hydrogen-bond acceptors (Lipinski definition) is 3. The van der Waals surface area contributed by atoms with Crippen molar-refractivity contribution in [3.63, 3.8) is 0 Å². The van der Waals surface area contributed by atoms with Gasteiger partial charge in [-0.2, -0.15) is 0 Å². The van der Waals surface area contributed by atoms with E-state index >= 15 is 0 Å². The molecule has 4 heteroatoms. The third kappa shape index (κ3) is 1.12. The fourth-order valence-corrected chi connectivity index (χ4v) is 1.40. The summed E-state index contributed by atoms with van der Waals surface area (Å²) in [6.45, 7) is 0. The fourth-order valence-electron chi connectivity index (χ4n) is 1.40. The predicted octanol–water partition coefficient (Wildman–Crippen LogP) is -0.393. The Morgan fingerprint density at radius 2 is 2.27 bits per heavy atom. The molecule has 1 aliphatic rings. The highest BCUT2D eigenvalue weighted by Gasteiger charge is 2.49. The van der Waals surface area contributed by atoms with Crippen molar-refractivity contribution < 1.29 is 14.6 Å². The lowest BCUT2D eigenvalue weighted by Gasteiger charge is -2.41. The zero-order valence-electron chi connectivity index (χ0n) is 6.54. The summed E-state index contributed by atoms with van der Waals surface area (Å²) in [7, 11) is 1.37. The molecule has 0 aromatic heterocycles. The fraction of sp³-hybridized carbons (Fsp3) is 0.857. The summed E-state index contributed by atoms with van der Waals surface area (Å²) in [6, 6.07) is 0. The molecule has 11 heavy (non-hydrogen) atoms. The van der Waals surface area contributed by atoms with Crippen LogP contribution in [0.1, 0.15) is 19.3 Å². The number of nitrogens with two attached hydrogens (primary N) is 1. The molecule has 0 spiro atoms. The maximum absolute atomic E-state index is 10.9. The van der Waals surface area contributed by atoms with Gasteiger partial charge in [0.2, 0.25) is 5.91 Å². The van der Waals surface area contributed by atoms with Gasteiger partial charge in [-0.15, -0.1) is 0 Å². The molecule has 1 atom stereocenters. The van der Waals surface area contributed by atoms with Crippen molar-refractivity contribution in [2.45, 2.75) is 25.6 Å². The molecular weight excluding hydrogens is 146 g/mol. The van der Waals surface area contributed by atoms with Crippen LogP contribution in [0.2, 0.25) is 0 Å². The van der Waals surface area contributed by atoms with Crippen LogP contribution in [0.15, 0.2) is 0 Å². The minimum absolute atomic E-state index is 0.460. The minimum Gasteiger partial charge on any atom is -0.369 e. The quantitative estimate of drug-likeness (QED) is 0.551. The summed E-state index contributed by atoms with van der Waals surface area (Å²) in [5, 5.41) is 9.28. The van der Waals surface area contributed by atoms with Gasteiger partial charge in [0, 0.05) is 7.11 Å². The van der Waals surface area contributed by atoms with Crippen LogP contribution in [-0.2, 0) is 9.53 Å². The zero-order valence-corrected chi connectivity index (χ0v) is 6.54. The highest BCUT2D eigenvalue weighted by atomic mass is 16.6. The molecule has 1 amide bonds. The molecule has 0 saturated heterocycles. The van der Waals surface area contributed by atoms with Crippen molar-refractivity contribution in [1.82, 2.24) is 0 Å². The Morgan fingerprint density at radius 3 is 2.36 bits per heavy atom. The van der Waals surface area contributed by atoms with Crippen molar-refractivity contribution in [3.05, 3.63) is 0 Å². The molecule has 64 valence electrons. The van der Waals surface area contributed by atoms with Crippen molar-refractivity contribution in [2.24, 2.45) is 11.1 Å². The van der Waals surface area contributed by atoms with Gasteiger partial charge >= 0.3 is 0 Å². The van der Waals surface area contributed by atoms with Gasteiger partial charge in [-0.3, -0.25) is 4.79 Å². The van der Waals surface area contributed by atoms with Gasteiger partial charge < -0.3 is 15.6 Å². The smallest absolute Gasteiger partial charge is 0.228 e. The number of aliphatic hydroxyl groups excluding tert-OH is 1. The first kappa shape index (κ1) is 8.49. The normalized spacial score (nSPS) is 23.8. The number of amides is 1. The molecule has 1 saturated carbocycles. The standard InChI is InChI=1S/C7H13NO3/c1-11-6(10)7(5(8)9)3-2-4-7/h6,10H,2-4H2,1H3,(H2,8,9). The van der Waals surface area contributed by atoms with E-state index in [-0.39, 0.29) is 0 Å². The number of aliphatic hydroxyl groups is 1. The van der Waals surface area contributed by atoms with Crippen molar-refractivity contribution in [2.75, 3.05) is 7.11 Å². The maximum atomic E-state index is 10.9. The van der Waals surface area contributed by atoms with Crippen molar-refractivity contribution in [3.8, 4) is 0 Å². The maximum Gasteiger partial charge on any atom is 0.228 e. The van der Waals surface area contributed by atoms with Crippen LogP contribution in [0.5, 0.6) is 0 Å². The summed E-state index contributed by atoms with van der Waals surface area (Å²) in [4.78, 5) is 10.9. The zero-order chi connectivity index (χ0) is 8.48. The van der Waals surface area contributed by atoms with Gasteiger partial charge in [-0.25, -0.2) is 0 Å². The third-order valence-corrected chi connectivity index (χ3v) is 2.43. The Bertz CT molecular complexity index is 165. The molecule has 1 unspecified atom stereocenters. The first-order chi connectivity index (χ1) is 5.13. The average molecular weight is 159 g/mol. The van der Waals surface area contributed by atoms with Gasteiger partial charge in [0.05, 0.1) is 5.41 Å².